The topological polar surface area (TPSA) is 85.4 Å². The third-order valence-electron chi connectivity index (χ3n) is 6.21. The normalized spacial score (nSPS) is 22.5. The van der Waals surface area contributed by atoms with Crippen molar-refractivity contribution in [1.82, 2.24) is 4.90 Å². The fraction of sp³-hybridized carbons (Fsp3) is 0.435. The minimum absolute atomic E-state index is 0.0333. The minimum Gasteiger partial charge on any atom is -0.497 e. The summed E-state index contributed by atoms with van der Waals surface area (Å²) < 4.78 is 41.1. The first-order valence-electron chi connectivity index (χ1n) is 10.5. The van der Waals surface area contributed by atoms with Gasteiger partial charge < -0.3 is 19.1 Å². The number of hydrogen-bond donors (Lipinski definition) is 0. The summed E-state index contributed by atoms with van der Waals surface area (Å²) in [6.07, 6.45) is 0.611. The summed E-state index contributed by atoms with van der Waals surface area (Å²) in [5, 5.41) is 0. The molecule has 2 aliphatic rings. The monoisotopic (exact) mass is 460 g/mol. The molecule has 4 rings (SSSR count). The maximum absolute atomic E-state index is 13.2. The van der Waals surface area contributed by atoms with Gasteiger partial charge in [0, 0.05) is 18.3 Å². The van der Waals surface area contributed by atoms with Crippen LogP contribution in [-0.2, 0) is 21.1 Å². The van der Waals surface area contributed by atoms with E-state index in [0.717, 1.165) is 17.1 Å². The number of anilines is 1. The second-order valence-electron chi connectivity index (χ2n) is 8.07. The Morgan fingerprint density at radius 3 is 2.22 bits per heavy atom. The summed E-state index contributed by atoms with van der Waals surface area (Å²) in [6.45, 7) is 0.706. The molecule has 2 fully saturated rings. The number of carbonyl (C=O) groups excluding carboxylic acids is 1. The molecule has 0 radical (unpaired) electrons. The van der Waals surface area contributed by atoms with E-state index in [1.54, 1.807) is 50.5 Å². The van der Waals surface area contributed by atoms with Crippen LogP contribution in [0.1, 0.15) is 5.56 Å². The Morgan fingerprint density at radius 2 is 1.56 bits per heavy atom. The van der Waals surface area contributed by atoms with Crippen LogP contribution in [0.5, 0.6) is 17.2 Å². The van der Waals surface area contributed by atoms with Crippen molar-refractivity contribution >= 4 is 21.4 Å². The van der Waals surface area contributed by atoms with Crippen LogP contribution in [0.25, 0.3) is 0 Å². The van der Waals surface area contributed by atoms with E-state index in [1.165, 1.54) is 0 Å². The average Bonchev–Trinajstić information content (AvgIpc) is 3.12. The highest BCUT2D eigenvalue weighted by Gasteiger charge is 2.49. The van der Waals surface area contributed by atoms with Gasteiger partial charge in [-0.1, -0.05) is 0 Å². The van der Waals surface area contributed by atoms with E-state index >= 15 is 0 Å². The van der Waals surface area contributed by atoms with Crippen LogP contribution >= 0.6 is 0 Å². The number of rotatable bonds is 7. The number of amides is 1. The standard InChI is InChI=1S/C23H28N2O6S/c1-29-18-6-4-17(5-7-18)25-21-15-32(27,28)14-20(21)24(13-23(25)26)11-10-16-12-19(30-2)8-9-22(16)31-3/h4-9,12,20-21H,10-11,13-15H2,1-3H3/t20-,21-/m0/s1. The minimum atomic E-state index is -3.25. The van der Waals surface area contributed by atoms with Crippen LogP contribution in [0.4, 0.5) is 5.69 Å². The molecule has 0 aromatic heterocycles. The highest BCUT2D eigenvalue weighted by atomic mass is 32.2. The van der Waals surface area contributed by atoms with Gasteiger partial charge in [0.15, 0.2) is 9.84 Å². The fourth-order valence-corrected chi connectivity index (χ4v) is 6.60. The van der Waals surface area contributed by atoms with Gasteiger partial charge in [0.25, 0.3) is 0 Å². The Kier molecular flexibility index (Phi) is 6.30. The average molecular weight is 461 g/mol. The van der Waals surface area contributed by atoms with Gasteiger partial charge >= 0.3 is 0 Å². The number of carbonyl (C=O) groups is 1. The molecular weight excluding hydrogens is 432 g/mol. The van der Waals surface area contributed by atoms with Gasteiger partial charge in [-0.2, -0.15) is 0 Å². The Morgan fingerprint density at radius 1 is 0.906 bits per heavy atom. The number of methoxy groups -OCH3 is 3. The fourth-order valence-electron chi connectivity index (χ4n) is 4.62. The van der Waals surface area contributed by atoms with Gasteiger partial charge in [0.05, 0.1) is 45.4 Å². The zero-order valence-corrected chi connectivity index (χ0v) is 19.3. The van der Waals surface area contributed by atoms with Crippen molar-refractivity contribution in [2.45, 2.75) is 18.5 Å². The van der Waals surface area contributed by atoms with E-state index in [2.05, 4.69) is 0 Å². The molecular formula is C23H28N2O6S. The Balaban J connectivity index is 1.57. The Labute approximate surface area is 188 Å². The molecule has 9 heteroatoms. The number of ether oxygens (including phenoxy) is 3. The van der Waals surface area contributed by atoms with Crippen LogP contribution in [-0.4, -0.2) is 77.2 Å². The summed E-state index contributed by atoms with van der Waals surface area (Å²) in [5.74, 6) is 2.06. The maximum Gasteiger partial charge on any atom is 0.241 e. The van der Waals surface area contributed by atoms with E-state index < -0.39 is 15.9 Å². The van der Waals surface area contributed by atoms with Gasteiger partial charge in [-0.05, 0) is 54.4 Å². The lowest BCUT2D eigenvalue weighted by Gasteiger charge is -2.43. The SMILES string of the molecule is COc1ccc(N2C(=O)CN(CCc3cc(OC)ccc3OC)[C@H]3CS(=O)(=O)C[C@@H]32)cc1. The molecule has 2 aliphatic heterocycles. The van der Waals surface area contributed by atoms with Crippen molar-refractivity contribution in [1.29, 1.82) is 0 Å². The molecule has 0 N–H and O–H groups in total. The molecule has 2 heterocycles. The highest BCUT2D eigenvalue weighted by molar-refractivity contribution is 7.91. The highest BCUT2D eigenvalue weighted by Crippen LogP contribution is 2.33. The van der Waals surface area contributed by atoms with Crippen molar-refractivity contribution in [3.8, 4) is 17.2 Å². The maximum atomic E-state index is 13.2. The summed E-state index contributed by atoms with van der Waals surface area (Å²) >= 11 is 0. The van der Waals surface area contributed by atoms with Crippen LogP contribution in [0.2, 0.25) is 0 Å². The van der Waals surface area contributed by atoms with Crippen molar-refractivity contribution in [2.24, 2.45) is 0 Å². The lowest BCUT2D eigenvalue weighted by atomic mass is 10.0. The first kappa shape index (κ1) is 22.4. The first-order valence-corrected chi connectivity index (χ1v) is 12.3. The largest absolute Gasteiger partial charge is 0.497 e. The van der Waals surface area contributed by atoms with Crippen LogP contribution < -0.4 is 19.1 Å². The van der Waals surface area contributed by atoms with Crippen molar-refractivity contribution in [2.75, 3.05) is 50.8 Å². The number of piperazine rings is 1. The van der Waals surface area contributed by atoms with E-state index in [0.29, 0.717) is 24.4 Å². The van der Waals surface area contributed by atoms with Gasteiger partial charge in [0.2, 0.25) is 5.91 Å². The zero-order valence-electron chi connectivity index (χ0n) is 18.5. The third-order valence-corrected chi connectivity index (χ3v) is 7.91. The molecule has 0 bridgehead atoms. The lowest BCUT2D eigenvalue weighted by molar-refractivity contribution is -0.123. The summed E-state index contributed by atoms with van der Waals surface area (Å²) in [6, 6.07) is 12.1. The number of hydrogen-bond acceptors (Lipinski definition) is 7. The van der Waals surface area contributed by atoms with Gasteiger partial charge in [0.1, 0.15) is 17.2 Å². The summed E-state index contributed by atoms with van der Waals surface area (Å²) in [5.41, 5.74) is 1.64. The molecule has 2 saturated heterocycles. The predicted octanol–water partition coefficient (Wildman–Crippen LogP) is 1.77. The molecule has 0 spiro atoms. The van der Waals surface area contributed by atoms with E-state index in [1.807, 2.05) is 23.1 Å². The lowest BCUT2D eigenvalue weighted by Crippen LogP contribution is -2.62. The second-order valence-corrected chi connectivity index (χ2v) is 10.2. The Bertz CT molecular complexity index is 1090. The number of fused-ring (bicyclic) bond motifs is 1. The number of sulfone groups is 1. The molecule has 0 saturated carbocycles. The molecule has 2 atom stereocenters. The second kappa shape index (κ2) is 8.99. The van der Waals surface area contributed by atoms with Gasteiger partial charge in [-0.25, -0.2) is 8.42 Å². The smallest absolute Gasteiger partial charge is 0.241 e. The molecule has 172 valence electrons. The molecule has 2 aromatic rings. The van der Waals surface area contributed by atoms with E-state index in [4.69, 9.17) is 14.2 Å². The van der Waals surface area contributed by atoms with Crippen molar-refractivity contribution in [3.63, 3.8) is 0 Å². The van der Waals surface area contributed by atoms with Crippen molar-refractivity contribution in [3.05, 3.63) is 48.0 Å². The van der Waals surface area contributed by atoms with Crippen LogP contribution in [0.15, 0.2) is 42.5 Å². The van der Waals surface area contributed by atoms with Crippen LogP contribution in [0, 0.1) is 0 Å². The quantitative estimate of drug-likeness (QED) is 0.623. The number of nitrogens with zero attached hydrogens (tertiary/aromatic N) is 2. The molecule has 1 amide bonds. The third kappa shape index (κ3) is 4.40. The summed E-state index contributed by atoms with van der Waals surface area (Å²) in [4.78, 5) is 16.8. The first-order chi connectivity index (χ1) is 15.3. The van der Waals surface area contributed by atoms with Gasteiger partial charge in [-0.15, -0.1) is 0 Å². The molecule has 32 heavy (non-hydrogen) atoms. The Hall–Kier alpha value is -2.78. The van der Waals surface area contributed by atoms with Crippen molar-refractivity contribution < 1.29 is 27.4 Å². The van der Waals surface area contributed by atoms with Gasteiger partial charge in [-0.3, -0.25) is 9.69 Å². The molecule has 2 aromatic carbocycles. The molecule has 0 unspecified atom stereocenters. The molecule has 0 aliphatic carbocycles. The van der Waals surface area contributed by atoms with E-state index in [9.17, 15) is 13.2 Å². The number of benzene rings is 2. The predicted molar refractivity (Wildman–Crippen MR) is 122 cm³/mol. The van der Waals surface area contributed by atoms with E-state index in [-0.39, 0.29) is 30.0 Å². The zero-order chi connectivity index (χ0) is 22.9. The molecule has 8 nitrogen and oxygen atoms in total. The van der Waals surface area contributed by atoms with Crippen LogP contribution in [0.3, 0.4) is 0 Å². The summed E-state index contributed by atoms with van der Waals surface area (Å²) in [7, 11) is 1.55.